The van der Waals surface area contributed by atoms with E-state index in [1.54, 1.807) is 7.11 Å². The second kappa shape index (κ2) is 7.10. The Labute approximate surface area is 157 Å². The Hall–Kier alpha value is -1.75. The second-order valence-electron chi connectivity index (χ2n) is 8.72. The van der Waals surface area contributed by atoms with E-state index < -0.39 is 0 Å². The normalized spacial score (nSPS) is 25.0. The van der Waals surface area contributed by atoms with Crippen LogP contribution in [0.3, 0.4) is 0 Å². The molecular weight excluding hydrogens is 328 g/mol. The lowest BCUT2D eigenvalue weighted by atomic mass is 9.86. The van der Waals surface area contributed by atoms with Gasteiger partial charge in [-0.25, -0.2) is 0 Å². The molecular formula is C21H32N2O3. The van der Waals surface area contributed by atoms with E-state index in [2.05, 4.69) is 49.6 Å². The maximum atomic E-state index is 13.1. The minimum Gasteiger partial charge on any atom is -0.497 e. The first-order chi connectivity index (χ1) is 12.2. The van der Waals surface area contributed by atoms with E-state index in [1.165, 1.54) is 5.69 Å². The monoisotopic (exact) mass is 360 g/mol. The number of benzene rings is 1. The number of ether oxygens (including phenoxy) is 2. The quantitative estimate of drug-likeness (QED) is 0.829. The summed E-state index contributed by atoms with van der Waals surface area (Å²) in [5.41, 5.74) is 0.873. The van der Waals surface area contributed by atoms with Crippen molar-refractivity contribution in [1.29, 1.82) is 0 Å². The first-order valence-electron chi connectivity index (χ1n) is 9.56. The van der Waals surface area contributed by atoms with Crippen LogP contribution in [0, 0.1) is 5.92 Å². The highest BCUT2D eigenvalue weighted by molar-refractivity contribution is 5.79. The molecule has 0 aromatic heterocycles. The second-order valence-corrected chi connectivity index (χ2v) is 8.72. The standard InChI is InChI=1S/C21H32N2O3/c1-20(2)15-22(19(24)16-10-13-26-21(3,4)14-16)11-12-23(20)17-6-8-18(25-5)9-7-17/h6-9,16H,10-15H2,1-5H3/t16-/m0/s1. The largest absolute Gasteiger partial charge is 0.497 e. The topological polar surface area (TPSA) is 42.0 Å². The minimum atomic E-state index is -0.195. The average Bonchev–Trinajstić information content (AvgIpc) is 2.59. The summed E-state index contributed by atoms with van der Waals surface area (Å²) in [4.78, 5) is 17.5. The molecule has 26 heavy (non-hydrogen) atoms. The van der Waals surface area contributed by atoms with E-state index in [4.69, 9.17) is 9.47 Å². The lowest BCUT2D eigenvalue weighted by Crippen LogP contribution is -2.61. The van der Waals surface area contributed by atoms with E-state index in [9.17, 15) is 4.79 Å². The van der Waals surface area contributed by atoms with Gasteiger partial charge in [0.2, 0.25) is 5.91 Å². The van der Waals surface area contributed by atoms with Crippen LogP contribution in [0.25, 0.3) is 0 Å². The van der Waals surface area contributed by atoms with Crippen LogP contribution in [0.15, 0.2) is 24.3 Å². The summed E-state index contributed by atoms with van der Waals surface area (Å²) >= 11 is 0. The maximum absolute atomic E-state index is 13.1. The van der Waals surface area contributed by atoms with Crippen LogP contribution < -0.4 is 9.64 Å². The van der Waals surface area contributed by atoms with E-state index in [1.807, 2.05) is 12.1 Å². The fraction of sp³-hybridized carbons (Fsp3) is 0.667. The van der Waals surface area contributed by atoms with Crippen molar-refractivity contribution in [2.75, 3.05) is 38.3 Å². The number of carbonyl (C=O) groups excluding carboxylic acids is 1. The van der Waals surface area contributed by atoms with Gasteiger partial charge in [-0.2, -0.15) is 0 Å². The molecule has 1 amide bonds. The number of anilines is 1. The Morgan fingerprint density at radius 3 is 2.42 bits per heavy atom. The molecule has 2 fully saturated rings. The van der Waals surface area contributed by atoms with E-state index in [0.29, 0.717) is 12.5 Å². The SMILES string of the molecule is COc1ccc(N2CCN(C(=O)[C@H]3CCOC(C)(C)C3)CC2(C)C)cc1. The molecule has 1 aromatic rings. The lowest BCUT2D eigenvalue weighted by Gasteiger charge is -2.49. The fourth-order valence-corrected chi connectivity index (χ4v) is 4.28. The number of nitrogens with zero attached hydrogens (tertiary/aromatic N) is 2. The Morgan fingerprint density at radius 2 is 1.85 bits per heavy atom. The van der Waals surface area contributed by atoms with Gasteiger partial charge >= 0.3 is 0 Å². The van der Waals surface area contributed by atoms with Gasteiger partial charge in [-0.1, -0.05) is 0 Å². The number of piperazine rings is 1. The van der Waals surface area contributed by atoms with Crippen LogP contribution in [0.2, 0.25) is 0 Å². The van der Waals surface area contributed by atoms with Gasteiger partial charge < -0.3 is 19.3 Å². The van der Waals surface area contributed by atoms with Gasteiger partial charge in [0.15, 0.2) is 0 Å². The lowest BCUT2D eigenvalue weighted by molar-refractivity contribution is -0.146. The third kappa shape index (κ3) is 3.98. The third-order valence-electron chi connectivity index (χ3n) is 5.64. The molecule has 2 aliphatic heterocycles. The molecule has 0 unspecified atom stereocenters. The molecule has 2 saturated heterocycles. The summed E-state index contributed by atoms with van der Waals surface area (Å²) in [6.45, 7) is 11.6. The van der Waals surface area contributed by atoms with Gasteiger partial charge in [-0.05, 0) is 64.8 Å². The van der Waals surface area contributed by atoms with E-state index >= 15 is 0 Å². The fourth-order valence-electron chi connectivity index (χ4n) is 4.28. The predicted molar refractivity (Wildman–Crippen MR) is 104 cm³/mol. The van der Waals surface area contributed by atoms with Gasteiger partial charge in [-0.15, -0.1) is 0 Å². The van der Waals surface area contributed by atoms with Gasteiger partial charge in [0.05, 0.1) is 18.2 Å². The summed E-state index contributed by atoms with van der Waals surface area (Å²) in [6, 6.07) is 8.18. The molecule has 2 aliphatic rings. The molecule has 1 aromatic carbocycles. The molecule has 0 N–H and O–H groups in total. The van der Waals surface area contributed by atoms with Gasteiger partial charge in [-0.3, -0.25) is 4.79 Å². The molecule has 144 valence electrons. The summed E-state index contributed by atoms with van der Waals surface area (Å²) in [5, 5.41) is 0. The van der Waals surface area contributed by atoms with Crippen LogP contribution in [-0.2, 0) is 9.53 Å². The number of methoxy groups -OCH3 is 1. The van der Waals surface area contributed by atoms with Crippen LogP contribution in [0.5, 0.6) is 5.75 Å². The Bertz CT molecular complexity index is 639. The molecule has 2 heterocycles. The third-order valence-corrected chi connectivity index (χ3v) is 5.64. The highest BCUT2D eigenvalue weighted by atomic mass is 16.5. The van der Waals surface area contributed by atoms with Crippen molar-refractivity contribution in [2.45, 2.75) is 51.7 Å². The van der Waals surface area contributed by atoms with Gasteiger partial charge in [0.1, 0.15) is 5.75 Å². The molecule has 0 aliphatic carbocycles. The first kappa shape index (κ1) is 19.0. The van der Waals surface area contributed by atoms with Gasteiger partial charge in [0, 0.05) is 37.8 Å². The molecule has 0 saturated carbocycles. The van der Waals surface area contributed by atoms with Crippen molar-refractivity contribution in [2.24, 2.45) is 5.92 Å². The van der Waals surface area contributed by atoms with E-state index in [0.717, 1.165) is 38.2 Å². The Kier molecular flexibility index (Phi) is 5.20. The molecule has 0 radical (unpaired) electrons. The number of amides is 1. The zero-order valence-electron chi connectivity index (χ0n) is 16.7. The maximum Gasteiger partial charge on any atom is 0.226 e. The zero-order chi connectivity index (χ0) is 18.9. The summed E-state index contributed by atoms with van der Waals surface area (Å²) in [6.07, 6.45) is 1.65. The van der Waals surface area contributed by atoms with Crippen LogP contribution in [-0.4, -0.2) is 55.3 Å². The van der Waals surface area contributed by atoms with Crippen LogP contribution in [0.1, 0.15) is 40.5 Å². The first-order valence-corrected chi connectivity index (χ1v) is 9.56. The number of hydrogen-bond donors (Lipinski definition) is 0. The highest BCUT2D eigenvalue weighted by Gasteiger charge is 2.40. The number of carbonyl (C=O) groups is 1. The molecule has 5 nitrogen and oxygen atoms in total. The molecule has 0 bridgehead atoms. The summed E-state index contributed by atoms with van der Waals surface area (Å²) in [5.74, 6) is 1.24. The highest BCUT2D eigenvalue weighted by Crippen LogP contribution is 2.33. The number of rotatable bonds is 3. The van der Waals surface area contributed by atoms with Crippen molar-refractivity contribution in [3.63, 3.8) is 0 Å². The average molecular weight is 360 g/mol. The van der Waals surface area contributed by atoms with Crippen LogP contribution >= 0.6 is 0 Å². The molecule has 5 heteroatoms. The molecule has 1 atom stereocenters. The van der Waals surface area contributed by atoms with Crippen LogP contribution in [0.4, 0.5) is 5.69 Å². The van der Waals surface area contributed by atoms with Crippen molar-refractivity contribution < 1.29 is 14.3 Å². The molecule has 3 rings (SSSR count). The molecule has 0 spiro atoms. The Morgan fingerprint density at radius 1 is 1.15 bits per heavy atom. The van der Waals surface area contributed by atoms with Crippen molar-refractivity contribution in [3.05, 3.63) is 24.3 Å². The summed E-state index contributed by atoms with van der Waals surface area (Å²) < 4.78 is 11.0. The smallest absolute Gasteiger partial charge is 0.226 e. The van der Waals surface area contributed by atoms with Gasteiger partial charge in [0.25, 0.3) is 0 Å². The summed E-state index contributed by atoms with van der Waals surface area (Å²) in [7, 11) is 1.68. The van der Waals surface area contributed by atoms with Crippen molar-refractivity contribution >= 4 is 11.6 Å². The van der Waals surface area contributed by atoms with Crippen molar-refractivity contribution in [1.82, 2.24) is 4.90 Å². The number of hydrogen-bond acceptors (Lipinski definition) is 4. The predicted octanol–water partition coefficient (Wildman–Crippen LogP) is 3.33. The minimum absolute atomic E-state index is 0.0853. The van der Waals surface area contributed by atoms with Crippen molar-refractivity contribution in [3.8, 4) is 5.75 Å². The zero-order valence-corrected chi connectivity index (χ0v) is 16.7. The van der Waals surface area contributed by atoms with E-state index in [-0.39, 0.29) is 17.1 Å². The Balaban J connectivity index is 1.68.